The van der Waals surface area contributed by atoms with Crippen LogP contribution in [0.5, 0.6) is 0 Å². The maximum atomic E-state index is 11.0. The van der Waals surface area contributed by atoms with Crippen molar-refractivity contribution >= 4 is 11.8 Å². The van der Waals surface area contributed by atoms with E-state index in [1.165, 1.54) is 23.7 Å². The highest BCUT2D eigenvalue weighted by molar-refractivity contribution is 7.99. The molecule has 1 heterocycles. The lowest BCUT2D eigenvalue weighted by Gasteiger charge is -2.31. The van der Waals surface area contributed by atoms with Gasteiger partial charge in [0.2, 0.25) is 0 Å². The number of hydrogen-bond donors (Lipinski definition) is 1. The molecule has 4 heteroatoms. The van der Waals surface area contributed by atoms with Crippen LogP contribution >= 0.6 is 11.8 Å². The van der Waals surface area contributed by atoms with Gasteiger partial charge in [0.05, 0.1) is 16.9 Å². The fraction of sp³-hybridized carbons (Fsp3) is 0.308. The largest absolute Gasteiger partial charge is 0.389 e. The molecule has 0 spiro atoms. The van der Waals surface area contributed by atoms with Crippen molar-refractivity contribution in [1.29, 1.82) is 5.26 Å². The van der Waals surface area contributed by atoms with E-state index in [2.05, 4.69) is 37.3 Å². The lowest BCUT2D eigenvalue weighted by atomic mass is 9.86. The summed E-state index contributed by atoms with van der Waals surface area (Å²) in [7, 11) is 0. The third-order valence-corrected chi connectivity index (χ3v) is 7.04. The fourth-order valence-electron chi connectivity index (χ4n) is 4.01. The summed E-state index contributed by atoms with van der Waals surface area (Å²) in [5.74, 6) is 0.570. The number of rotatable bonds is 5. The predicted molar refractivity (Wildman–Crippen MR) is 123 cm³/mol. The fourth-order valence-corrected chi connectivity index (χ4v) is 5.17. The molecule has 1 aromatic heterocycles. The van der Waals surface area contributed by atoms with Crippen LogP contribution in [-0.4, -0.2) is 21.4 Å². The smallest absolute Gasteiger partial charge is 0.115 e. The highest BCUT2D eigenvalue weighted by Gasteiger charge is 2.30. The first kappa shape index (κ1) is 20.7. The van der Waals surface area contributed by atoms with Crippen molar-refractivity contribution in [3.63, 3.8) is 0 Å². The summed E-state index contributed by atoms with van der Waals surface area (Å²) in [6.45, 7) is 2.07. The zero-order valence-electron chi connectivity index (χ0n) is 17.3. The van der Waals surface area contributed by atoms with Crippen LogP contribution in [-0.2, 0) is 0 Å². The van der Waals surface area contributed by atoms with Gasteiger partial charge in [-0.15, -0.1) is 11.8 Å². The Morgan fingerprint density at radius 2 is 1.70 bits per heavy atom. The first-order valence-corrected chi connectivity index (χ1v) is 11.5. The van der Waals surface area contributed by atoms with Gasteiger partial charge < -0.3 is 5.11 Å². The van der Waals surface area contributed by atoms with Crippen LogP contribution in [0.3, 0.4) is 0 Å². The van der Waals surface area contributed by atoms with E-state index in [4.69, 9.17) is 4.98 Å². The van der Waals surface area contributed by atoms with E-state index in [-0.39, 0.29) is 0 Å². The maximum absolute atomic E-state index is 11.0. The summed E-state index contributed by atoms with van der Waals surface area (Å²) in [5, 5.41) is 21.7. The van der Waals surface area contributed by atoms with E-state index in [0.29, 0.717) is 16.3 Å². The predicted octanol–water partition coefficient (Wildman–Crippen LogP) is 6.38. The van der Waals surface area contributed by atoms with Crippen LogP contribution in [0, 0.1) is 18.3 Å². The van der Waals surface area contributed by atoms with Crippen molar-refractivity contribution in [2.75, 3.05) is 5.75 Å². The van der Waals surface area contributed by atoms with Crippen molar-refractivity contribution in [3.05, 3.63) is 71.8 Å². The van der Waals surface area contributed by atoms with Gasteiger partial charge in [0.25, 0.3) is 0 Å². The van der Waals surface area contributed by atoms with Crippen molar-refractivity contribution < 1.29 is 5.11 Å². The van der Waals surface area contributed by atoms with Crippen molar-refractivity contribution in [1.82, 2.24) is 4.98 Å². The molecule has 0 radical (unpaired) electrons. The minimum atomic E-state index is -0.663. The van der Waals surface area contributed by atoms with Gasteiger partial charge in [-0.3, -0.25) is 0 Å². The van der Waals surface area contributed by atoms with E-state index in [9.17, 15) is 10.4 Å². The van der Waals surface area contributed by atoms with E-state index >= 15 is 0 Å². The second-order valence-corrected chi connectivity index (χ2v) is 9.12. The number of aliphatic hydroxyl groups is 1. The maximum Gasteiger partial charge on any atom is 0.115 e. The molecule has 0 unspecified atom stereocenters. The highest BCUT2D eigenvalue weighted by Crippen LogP contribution is 2.38. The summed E-state index contributed by atoms with van der Waals surface area (Å²) < 4.78 is 0. The van der Waals surface area contributed by atoms with Crippen LogP contribution < -0.4 is 0 Å². The molecule has 2 aromatic carbocycles. The second-order valence-electron chi connectivity index (χ2n) is 8.15. The summed E-state index contributed by atoms with van der Waals surface area (Å²) in [4.78, 5) is 4.87. The quantitative estimate of drug-likeness (QED) is 0.492. The molecule has 0 bridgehead atoms. The highest BCUT2D eigenvalue weighted by atomic mass is 32.2. The Labute approximate surface area is 182 Å². The summed E-state index contributed by atoms with van der Waals surface area (Å²) >= 11 is 1.51. The summed E-state index contributed by atoms with van der Waals surface area (Å²) in [6, 6.07) is 22.7. The topological polar surface area (TPSA) is 56.9 Å². The summed E-state index contributed by atoms with van der Waals surface area (Å²) in [5.41, 5.74) is 4.90. The molecule has 1 aliphatic carbocycles. The Morgan fingerprint density at radius 1 is 1.00 bits per heavy atom. The van der Waals surface area contributed by atoms with Crippen LogP contribution in [0.15, 0.2) is 65.7 Å². The van der Waals surface area contributed by atoms with E-state index in [1.54, 1.807) is 0 Å². The number of nitrogens with zero attached hydrogens (tertiary/aromatic N) is 2. The normalized spacial score (nSPS) is 15.5. The lowest BCUT2D eigenvalue weighted by molar-refractivity contribution is 0.0272. The number of aryl methyl sites for hydroxylation is 1. The lowest BCUT2D eigenvalue weighted by Crippen LogP contribution is -2.34. The minimum absolute atomic E-state index is 0.570. The van der Waals surface area contributed by atoms with Gasteiger partial charge >= 0.3 is 0 Å². The number of pyridine rings is 1. The van der Waals surface area contributed by atoms with Crippen LogP contribution in [0.4, 0.5) is 0 Å². The van der Waals surface area contributed by atoms with Gasteiger partial charge in [-0.1, -0.05) is 79.4 Å². The van der Waals surface area contributed by atoms with Gasteiger partial charge in [-0.25, -0.2) is 4.98 Å². The van der Waals surface area contributed by atoms with Crippen molar-refractivity contribution in [3.8, 4) is 28.5 Å². The van der Waals surface area contributed by atoms with Crippen molar-refractivity contribution in [2.45, 2.75) is 49.7 Å². The van der Waals surface area contributed by atoms with Gasteiger partial charge in [0, 0.05) is 16.9 Å². The SMILES string of the molecule is Cc1ccc(-c2cc(-c3ccccc3)c(C#N)c(SCC3(O)CCCCC3)n2)cc1. The average molecular weight is 415 g/mol. The molecular formula is C26H26N2OS. The minimum Gasteiger partial charge on any atom is -0.389 e. The molecule has 3 nitrogen and oxygen atoms in total. The molecular weight excluding hydrogens is 388 g/mol. The number of hydrogen-bond acceptors (Lipinski definition) is 4. The second kappa shape index (κ2) is 9.04. The standard InChI is InChI=1S/C26H26N2OS/c1-19-10-12-21(13-11-19)24-16-22(20-8-4-2-5-9-20)23(17-27)25(28-24)30-18-26(29)14-6-3-7-15-26/h2,4-5,8-13,16,29H,3,6-7,14-15,18H2,1H3. The first-order chi connectivity index (χ1) is 14.6. The van der Waals surface area contributed by atoms with Gasteiger partial charge in [-0.05, 0) is 31.4 Å². The monoisotopic (exact) mass is 414 g/mol. The van der Waals surface area contributed by atoms with Gasteiger partial charge in [-0.2, -0.15) is 5.26 Å². The molecule has 0 atom stereocenters. The first-order valence-electron chi connectivity index (χ1n) is 10.5. The number of nitriles is 1. The summed E-state index contributed by atoms with van der Waals surface area (Å²) in [6.07, 6.45) is 4.97. The third kappa shape index (κ3) is 4.59. The Balaban J connectivity index is 1.77. The Kier molecular flexibility index (Phi) is 6.22. The number of benzene rings is 2. The molecule has 1 aliphatic rings. The third-order valence-electron chi connectivity index (χ3n) is 5.79. The van der Waals surface area contributed by atoms with Crippen molar-refractivity contribution in [2.24, 2.45) is 0 Å². The molecule has 0 aliphatic heterocycles. The van der Waals surface area contributed by atoms with Gasteiger partial charge in [0.1, 0.15) is 11.1 Å². The Morgan fingerprint density at radius 3 is 2.37 bits per heavy atom. The molecule has 4 rings (SSSR count). The van der Waals surface area contributed by atoms with Crippen LogP contribution in [0.1, 0.15) is 43.2 Å². The Hall–Kier alpha value is -2.61. The average Bonchev–Trinajstić information content (AvgIpc) is 2.78. The molecule has 0 amide bonds. The van der Waals surface area contributed by atoms with Crippen LogP contribution in [0.25, 0.3) is 22.4 Å². The zero-order chi connectivity index (χ0) is 21.0. The molecule has 1 fully saturated rings. The Bertz CT molecular complexity index is 1050. The van der Waals surface area contributed by atoms with E-state index in [0.717, 1.165) is 48.1 Å². The molecule has 1 saturated carbocycles. The van der Waals surface area contributed by atoms with Crippen LogP contribution in [0.2, 0.25) is 0 Å². The molecule has 3 aromatic rings. The van der Waals surface area contributed by atoms with E-state index in [1.807, 2.05) is 36.4 Å². The van der Waals surface area contributed by atoms with Gasteiger partial charge in [0.15, 0.2) is 0 Å². The molecule has 152 valence electrons. The van der Waals surface area contributed by atoms with E-state index < -0.39 is 5.60 Å². The molecule has 1 N–H and O–H groups in total. The zero-order valence-corrected chi connectivity index (χ0v) is 18.1. The molecule has 0 saturated heterocycles. The number of thioether (sulfide) groups is 1. The molecule has 30 heavy (non-hydrogen) atoms. The number of aromatic nitrogens is 1.